The highest BCUT2D eigenvalue weighted by Crippen LogP contribution is 2.19. The first-order valence-corrected chi connectivity index (χ1v) is 7.11. The standard InChI is InChI=1S/C12H18FNO3S/c1-12(2,6-7-15)9-14-18(16,17)11-5-3-4-10(13)8-11/h3-5,8,14-15H,6-7,9H2,1-2H3. The van der Waals surface area contributed by atoms with Crippen LogP contribution in [-0.2, 0) is 10.0 Å². The fourth-order valence-corrected chi connectivity index (χ4v) is 2.67. The molecule has 0 aliphatic carbocycles. The number of rotatable bonds is 6. The summed E-state index contributed by atoms with van der Waals surface area (Å²) in [7, 11) is -3.71. The van der Waals surface area contributed by atoms with E-state index in [2.05, 4.69) is 4.72 Å². The Morgan fingerprint density at radius 1 is 1.39 bits per heavy atom. The van der Waals surface area contributed by atoms with Crippen LogP contribution in [0.4, 0.5) is 4.39 Å². The molecule has 0 saturated carbocycles. The second kappa shape index (κ2) is 5.77. The molecule has 0 unspecified atom stereocenters. The Balaban J connectivity index is 2.78. The number of sulfonamides is 1. The van der Waals surface area contributed by atoms with Gasteiger partial charge in [0.15, 0.2) is 0 Å². The molecule has 0 heterocycles. The van der Waals surface area contributed by atoms with Gasteiger partial charge in [-0.3, -0.25) is 0 Å². The van der Waals surface area contributed by atoms with Crippen molar-refractivity contribution in [2.24, 2.45) is 5.41 Å². The van der Waals surface area contributed by atoms with E-state index >= 15 is 0 Å². The van der Waals surface area contributed by atoms with Crippen LogP contribution >= 0.6 is 0 Å². The van der Waals surface area contributed by atoms with Gasteiger partial charge in [0, 0.05) is 13.2 Å². The molecule has 0 fully saturated rings. The van der Waals surface area contributed by atoms with Crippen LogP contribution in [-0.4, -0.2) is 26.7 Å². The van der Waals surface area contributed by atoms with Crippen LogP contribution in [0, 0.1) is 11.2 Å². The first kappa shape index (κ1) is 15.1. The van der Waals surface area contributed by atoms with Gasteiger partial charge in [-0.15, -0.1) is 0 Å². The van der Waals surface area contributed by atoms with Gasteiger partial charge in [0.2, 0.25) is 10.0 Å². The molecule has 0 bridgehead atoms. The van der Waals surface area contributed by atoms with E-state index in [1.807, 2.05) is 13.8 Å². The van der Waals surface area contributed by atoms with Gasteiger partial charge in [0.1, 0.15) is 5.82 Å². The van der Waals surface area contributed by atoms with Gasteiger partial charge in [0.25, 0.3) is 0 Å². The van der Waals surface area contributed by atoms with Crippen molar-refractivity contribution in [1.82, 2.24) is 4.72 Å². The zero-order valence-corrected chi connectivity index (χ0v) is 11.3. The average Bonchev–Trinajstić information content (AvgIpc) is 2.27. The highest BCUT2D eigenvalue weighted by Gasteiger charge is 2.22. The van der Waals surface area contributed by atoms with E-state index < -0.39 is 15.8 Å². The number of aliphatic hydroxyl groups excluding tert-OH is 1. The molecule has 18 heavy (non-hydrogen) atoms. The number of hydrogen-bond donors (Lipinski definition) is 2. The van der Waals surface area contributed by atoms with Gasteiger partial charge in [-0.05, 0) is 30.0 Å². The molecule has 1 aromatic rings. The number of benzene rings is 1. The number of hydrogen-bond acceptors (Lipinski definition) is 3. The van der Waals surface area contributed by atoms with Gasteiger partial charge in [-0.2, -0.15) is 0 Å². The predicted molar refractivity (Wildman–Crippen MR) is 67.1 cm³/mol. The number of aliphatic hydroxyl groups is 1. The summed E-state index contributed by atoms with van der Waals surface area (Å²) >= 11 is 0. The number of halogens is 1. The quantitative estimate of drug-likeness (QED) is 0.827. The second-order valence-corrected chi connectivity index (χ2v) is 6.69. The minimum atomic E-state index is -3.71. The Morgan fingerprint density at radius 2 is 2.06 bits per heavy atom. The minimum absolute atomic E-state index is 0.00527. The molecule has 4 nitrogen and oxygen atoms in total. The Bertz CT molecular complexity index is 500. The van der Waals surface area contributed by atoms with E-state index in [0.717, 1.165) is 6.07 Å². The summed E-state index contributed by atoms with van der Waals surface area (Å²) in [5.41, 5.74) is -0.352. The lowest BCUT2D eigenvalue weighted by Crippen LogP contribution is -2.34. The SMILES string of the molecule is CC(C)(CCO)CNS(=O)(=O)c1cccc(F)c1. The molecular weight excluding hydrogens is 257 g/mol. The molecular formula is C12H18FNO3S. The summed E-state index contributed by atoms with van der Waals surface area (Å²) in [5, 5.41) is 8.86. The highest BCUT2D eigenvalue weighted by molar-refractivity contribution is 7.89. The molecule has 0 saturated heterocycles. The van der Waals surface area contributed by atoms with Gasteiger partial charge >= 0.3 is 0 Å². The van der Waals surface area contributed by atoms with Crippen LogP contribution in [0.2, 0.25) is 0 Å². The first-order valence-electron chi connectivity index (χ1n) is 5.63. The third kappa shape index (κ3) is 4.36. The third-order valence-electron chi connectivity index (χ3n) is 2.64. The lowest BCUT2D eigenvalue weighted by Gasteiger charge is -2.23. The molecule has 0 amide bonds. The monoisotopic (exact) mass is 275 g/mol. The zero-order valence-electron chi connectivity index (χ0n) is 10.5. The van der Waals surface area contributed by atoms with Gasteiger partial charge in [-0.1, -0.05) is 19.9 Å². The molecule has 0 aromatic heterocycles. The maximum atomic E-state index is 13.0. The maximum absolute atomic E-state index is 13.0. The van der Waals surface area contributed by atoms with Crippen LogP contribution in [0.15, 0.2) is 29.2 Å². The fraction of sp³-hybridized carbons (Fsp3) is 0.500. The molecule has 0 aliphatic heterocycles. The largest absolute Gasteiger partial charge is 0.396 e. The summed E-state index contributed by atoms with van der Waals surface area (Å²) in [4.78, 5) is -0.0951. The van der Waals surface area contributed by atoms with E-state index in [1.165, 1.54) is 18.2 Å². The van der Waals surface area contributed by atoms with Crippen molar-refractivity contribution < 1.29 is 17.9 Å². The predicted octanol–water partition coefficient (Wildman–Crippen LogP) is 1.51. The van der Waals surface area contributed by atoms with Crippen molar-refractivity contribution in [2.75, 3.05) is 13.2 Å². The lowest BCUT2D eigenvalue weighted by atomic mass is 9.90. The molecule has 102 valence electrons. The molecule has 1 rings (SSSR count). The molecule has 0 aliphatic rings. The van der Waals surface area contributed by atoms with E-state index in [0.29, 0.717) is 6.42 Å². The molecule has 6 heteroatoms. The van der Waals surface area contributed by atoms with E-state index in [1.54, 1.807) is 0 Å². The van der Waals surface area contributed by atoms with Crippen molar-refractivity contribution >= 4 is 10.0 Å². The van der Waals surface area contributed by atoms with E-state index in [4.69, 9.17) is 5.11 Å². The number of nitrogens with one attached hydrogen (secondary N) is 1. The van der Waals surface area contributed by atoms with E-state index in [9.17, 15) is 12.8 Å². The lowest BCUT2D eigenvalue weighted by molar-refractivity contribution is 0.213. The molecule has 1 aromatic carbocycles. The Morgan fingerprint density at radius 3 is 2.61 bits per heavy atom. The van der Waals surface area contributed by atoms with Crippen LogP contribution < -0.4 is 4.72 Å². The third-order valence-corrected chi connectivity index (χ3v) is 4.03. The first-order chi connectivity index (χ1) is 8.27. The average molecular weight is 275 g/mol. The Labute approximate surface area is 107 Å². The van der Waals surface area contributed by atoms with Gasteiger partial charge < -0.3 is 5.11 Å². The Kier molecular flexibility index (Phi) is 4.84. The summed E-state index contributed by atoms with van der Waals surface area (Å²) in [5.74, 6) is -0.590. The van der Waals surface area contributed by atoms with Crippen LogP contribution in [0.1, 0.15) is 20.3 Å². The van der Waals surface area contributed by atoms with Crippen molar-refractivity contribution in [1.29, 1.82) is 0 Å². The van der Waals surface area contributed by atoms with Crippen LogP contribution in [0.3, 0.4) is 0 Å². The molecule has 0 spiro atoms. The van der Waals surface area contributed by atoms with Gasteiger partial charge in [0.05, 0.1) is 4.90 Å². The minimum Gasteiger partial charge on any atom is -0.396 e. The summed E-state index contributed by atoms with van der Waals surface area (Å²) < 4.78 is 39.2. The normalized spacial score (nSPS) is 12.7. The van der Waals surface area contributed by atoms with Crippen LogP contribution in [0.5, 0.6) is 0 Å². The highest BCUT2D eigenvalue weighted by atomic mass is 32.2. The van der Waals surface area contributed by atoms with Crippen LogP contribution in [0.25, 0.3) is 0 Å². The van der Waals surface area contributed by atoms with Crippen molar-refractivity contribution in [2.45, 2.75) is 25.2 Å². The fourth-order valence-electron chi connectivity index (χ4n) is 1.40. The smallest absolute Gasteiger partial charge is 0.240 e. The maximum Gasteiger partial charge on any atom is 0.240 e. The van der Waals surface area contributed by atoms with Crippen molar-refractivity contribution in [3.05, 3.63) is 30.1 Å². The topological polar surface area (TPSA) is 66.4 Å². The molecule has 0 radical (unpaired) electrons. The molecule has 0 atom stereocenters. The Hall–Kier alpha value is -0.980. The second-order valence-electron chi connectivity index (χ2n) is 4.92. The van der Waals surface area contributed by atoms with Crippen molar-refractivity contribution in [3.63, 3.8) is 0 Å². The van der Waals surface area contributed by atoms with E-state index in [-0.39, 0.29) is 23.5 Å². The van der Waals surface area contributed by atoms with Crippen molar-refractivity contribution in [3.8, 4) is 0 Å². The summed E-state index contributed by atoms with van der Waals surface area (Å²) in [6, 6.07) is 4.85. The van der Waals surface area contributed by atoms with Gasteiger partial charge in [-0.25, -0.2) is 17.5 Å². The molecule has 2 N–H and O–H groups in total. The summed E-state index contributed by atoms with van der Waals surface area (Å²) in [6.07, 6.45) is 0.485. The zero-order chi connectivity index (χ0) is 13.8. The summed E-state index contributed by atoms with van der Waals surface area (Å²) in [6.45, 7) is 3.87.